The van der Waals surface area contributed by atoms with Crippen LogP contribution in [0.4, 0.5) is 5.82 Å². The highest BCUT2D eigenvalue weighted by Gasteiger charge is 2.10. The largest absolute Gasteiger partial charge is 0.467 e. The molecule has 0 bridgehead atoms. The van der Waals surface area contributed by atoms with Gasteiger partial charge in [0.15, 0.2) is 17.0 Å². The Kier molecular flexibility index (Phi) is 2.37. The Morgan fingerprint density at radius 3 is 3.18 bits per heavy atom. The van der Waals surface area contributed by atoms with Crippen LogP contribution in [-0.2, 0) is 6.54 Å². The highest BCUT2D eigenvalue weighted by atomic mass is 35.5. The normalized spacial score (nSPS) is 10.9. The Morgan fingerprint density at radius 1 is 1.41 bits per heavy atom. The average molecular weight is 251 g/mol. The molecule has 8 heteroatoms. The van der Waals surface area contributed by atoms with Crippen molar-refractivity contribution in [3.05, 3.63) is 29.4 Å². The van der Waals surface area contributed by atoms with Crippen LogP contribution in [0.1, 0.15) is 5.76 Å². The standard InChI is InChI=1S/C9H7ClN6O/c10-9-12-7(6-8(13-9)15-16-14-6)11-4-5-2-1-3-17-5/h1-3H,4H2,(H2,11,12,13,14,15,16). The van der Waals surface area contributed by atoms with Crippen molar-refractivity contribution in [3.8, 4) is 0 Å². The van der Waals surface area contributed by atoms with Gasteiger partial charge in [-0.2, -0.15) is 9.97 Å². The Balaban J connectivity index is 1.91. The molecule has 3 rings (SSSR count). The fourth-order valence-corrected chi connectivity index (χ4v) is 1.60. The zero-order valence-electron chi connectivity index (χ0n) is 8.51. The molecule has 0 atom stereocenters. The Hall–Kier alpha value is -2.15. The van der Waals surface area contributed by atoms with Gasteiger partial charge in [-0.05, 0) is 23.7 Å². The highest BCUT2D eigenvalue weighted by Crippen LogP contribution is 2.18. The number of aromatic amines is 1. The number of aromatic nitrogens is 5. The van der Waals surface area contributed by atoms with E-state index >= 15 is 0 Å². The fraction of sp³-hybridized carbons (Fsp3) is 0.111. The third-order valence-corrected chi connectivity index (χ3v) is 2.34. The van der Waals surface area contributed by atoms with Crippen molar-refractivity contribution in [1.29, 1.82) is 0 Å². The van der Waals surface area contributed by atoms with Crippen LogP contribution < -0.4 is 5.32 Å². The summed E-state index contributed by atoms with van der Waals surface area (Å²) in [4.78, 5) is 8.00. The summed E-state index contributed by atoms with van der Waals surface area (Å²) in [6, 6.07) is 3.67. The van der Waals surface area contributed by atoms with Crippen LogP contribution in [0.2, 0.25) is 5.28 Å². The number of hydrogen-bond donors (Lipinski definition) is 2. The van der Waals surface area contributed by atoms with E-state index < -0.39 is 0 Å². The molecule has 0 aromatic carbocycles. The summed E-state index contributed by atoms with van der Waals surface area (Å²) in [6.45, 7) is 0.488. The number of hydrogen-bond acceptors (Lipinski definition) is 6. The van der Waals surface area contributed by atoms with Gasteiger partial charge in [0.2, 0.25) is 5.28 Å². The van der Waals surface area contributed by atoms with E-state index in [2.05, 4.69) is 30.7 Å². The molecule has 3 aromatic rings. The van der Waals surface area contributed by atoms with Gasteiger partial charge in [-0.25, -0.2) is 5.10 Å². The highest BCUT2D eigenvalue weighted by molar-refractivity contribution is 6.28. The lowest BCUT2D eigenvalue weighted by Gasteiger charge is -2.03. The fourth-order valence-electron chi connectivity index (χ4n) is 1.43. The van der Waals surface area contributed by atoms with Crippen LogP contribution in [0, 0.1) is 0 Å². The molecule has 17 heavy (non-hydrogen) atoms. The predicted molar refractivity (Wildman–Crippen MR) is 60.5 cm³/mol. The van der Waals surface area contributed by atoms with Crippen LogP contribution in [0.3, 0.4) is 0 Å². The number of furan rings is 1. The van der Waals surface area contributed by atoms with Gasteiger partial charge < -0.3 is 9.73 Å². The van der Waals surface area contributed by atoms with E-state index in [9.17, 15) is 0 Å². The van der Waals surface area contributed by atoms with Gasteiger partial charge in [-0.15, -0.1) is 5.10 Å². The summed E-state index contributed by atoms with van der Waals surface area (Å²) in [7, 11) is 0. The number of nitrogens with one attached hydrogen (secondary N) is 2. The summed E-state index contributed by atoms with van der Waals surface area (Å²) in [5.41, 5.74) is 1.04. The number of anilines is 1. The molecule has 0 fully saturated rings. The van der Waals surface area contributed by atoms with Crippen LogP contribution in [0.5, 0.6) is 0 Å². The zero-order valence-corrected chi connectivity index (χ0v) is 9.27. The number of rotatable bonds is 3. The molecule has 0 saturated heterocycles. The lowest BCUT2D eigenvalue weighted by Crippen LogP contribution is -2.02. The van der Waals surface area contributed by atoms with Crippen LogP contribution in [0.15, 0.2) is 22.8 Å². The summed E-state index contributed by atoms with van der Waals surface area (Å²) in [5, 5.41) is 13.4. The number of halogens is 1. The van der Waals surface area contributed by atoms with Crippen molar-refractivity contribution in [1.82, 2.24) is 25.4 Å². The zero-order chi connectivity index (χ0) is 11.7. The molecule has 0 unspecified atom stereocenters. The van der Waals surface area contributed by atoms with Gasteiger partial charge in [-0.3, -0.25) is 0 Å². The second kappa shape index (κ2) is 4.02. The van der Waals surface area contributed by atoms with Gasteiger partial charge >= 0.3 is 0 Å². The lowest BCUT2D eigenvalue weighted by molar-refractivity contribution is 0.518. The van der Waals surface area contributed by atoms with E-state index in [1.807, 2.05) is 12.1 Å². The first-order valence-corrected chi connectivity index (χ1v) is 5.21. The van der Waals surface area contributed by atoms with E-state index in [0.717, 1.165) is 5.76 Å². The molecule has 3 aromatic heterocycles. The van der Waals surface area contributed by atoms with Crippen molar-refractivity contribution in [2.75, 3.05) is 5.32 Å². The Bertz CT molecular complexity index is 634. The number of fused-ring (bicyclic) bond motifs is 1. The quantitative estimate of drug-likeness (QED) is 0.686. The molecule has 0 amide bonds. The topological polar surface area (TPSA) is 92.5 Å². The number of H-pyrrole nitrogens is 1. The molecule has 86 valence electrons. The molecule has 0 saturated carbocycles. The first-order chi connectivity index (χ1) is 8.33. The third kappa shape index (κ3) is 1.92. The van der Waals surface area contributed by atoms with E-state index in [4.69, 9.17) is 16.0 Å². The summed E-state index contributed by atoms with van der Waals surface area (Å²) in [6.07, 6.45) is 1.61. The maximum Gasteiger partial charge on any atom is 0.226 e. The molecule has 0 radical (unpaired) electrons. The average Bonchev–Trinajstić information content (AvgIpc) is 2.95. The summed E-state index contributed by atoms with van der Waals surface area (Å²) >= 11 is 5.78. The number of nitrogens with zero attached hydrogens (tertiary/aromatic N) is 4. The Morgan fingerprint density at radius 2 is 2.35 bits per heavy atom. The van der Waals surface area contributed by atoms with E-state index in [-0.39, 0.29) is 5.28 Å². The predicted octanol–water partition coefficient (Wildman–Crippen LogP) is 1.61. The van der Waals surface area contributed by atoms with Gasteiger partial charge in [0.25, 0.3) is 0 Å². The molecule has 0 aliphatic heterocycles. The first kappa shape index (κ1) is 10.0. The summed E-state index contributed by atoms with van der Waals surface area (Å²) in [5.74, 6) is 1.31. The SMILES string of the molecule is Clc1nc(NCc2ccco2)c2nn[nH]c2n1. The molecular formula is C9H7ClN6O. The van der Waals surface area contributed by atoms with Crippen molar-refractivity contribution in [2.24, 2.45) is 0 Å². The second-order valence-corrected chi connectivity index (χ2v) is 3.62. The minimum absolute atomic E-state index is 0.130. The van der Waals surface area contributed by atoms with Crippen LogP contribution >= 0.6 is 11.6 Å². The van der Waals surface area contributed by atoms with E-state index in [0.29, 0.717) is 23.5 Å². The monoisotopic (exact) mass is 250 g/mol. The minimum Gasteiger partial charge on any atom is -0.467 e. The van der Waals surface area contributed by atoms with Crippen molar-refractivity contribution >= 4 is 28.6 Å². The van der Waals surface area contributed by atoms with E-state index in [1.54, 1.807) is 6.26 Å². The van der Waals surface area contributed by atoms with Gasteiger partial charge in [0.1, 0.15) is 5.76 Å². The van der Waals surface area contributed by atoms with E-state index in [1.165, 1.54) is 0 Å². The van der Waals surface area contributed by atoms with Gasteiger partial charge in [0.05, 0.1) is 12.8 Å². The third-order valence-electron chi connectivity index (χ3n) is 2.17. The molecule has 0 aliphatic rings. The minimum atomic E-state index is 0.130. The molecule has 3 heterocycles. The smallest absolute Gasteiger partial charge is 0.226 e. The maximum absolute atomic E-state index is 5.78. The first-order valence-electron chi connectivity index (χ1n) is 4.83. The van der Waals surface area contributed by atoms with Crippen molar-refractivity contribution in [3.63, 3.8) is 0 Å². The molecular weight excluding hydrogens is 244 g/mol. The summed E-state index contributed by atoms with van der Waals surface area (Å²) < 4.78 is 5.20. The van der Waals surface area contributed by atoms with Crippen LogP contribution in [0.25, 0.3) is 11.2 Å². The van der Waals surface area contributed by atoms with Crippen molar-refractivity contribution < 1.29 is 4.42 Å². The molecule has 0 spiro atoms. The van der Waals surface area contributed by atoms with Gasteiger partial charge in [-0.1, -0.05) is 5.21 Å². The maximum atomic E-state index is 5.78. The lowest BCUT2D eigenvalue weighted by atomic mass is 10.4. The van der Waals surface area contributed by atoms with Gasteiger partial charge in [0, 0.05) is 0 Å². The van der Waals surface area contributed by atoms with Crippen molar-refractivity contribution in [2.45, 2.75) is 6.54 Å². The second-order valence-electron chi connectivity index (χ2n) is 3.28. The molecule has 2 N–H and O–H groups in total. The van der Waals surface area contributed by atoms with Crippen LogP contribution in [-0.4, -0.2) is 25.4 Å². The Labute approximate surface area is 100 Å². The molecule has 7 nitrogen and oxygen atoms in total. The molecule has 0 aliphatic carbocycles.